The summed E-state index contributed by atoms with van der Waals surface area (Å²) in [5.41, 5.74) is 0. The van der Waals surface area contributed by atoms with Crippen LogP contribution in [0.25, 0.3) is 0 Å². The van der Waals surface area contributed by atoms with E-state index in [4.69, 9.17) is 9.47 Å². The molecular formula is C17H30N2O2. The van der Waals surface area contributed by atoms with Gasteiger partial charge >= 0.3 is 0 Å². The number of nitrogens with one attached hydrogen (secondary N) is 2. The standard InChI is InChI=1S/C17H30N2O2/c1-3-16-14(8-18-10-20-16)6-12(1)5-13-2-4-17-15(7-13)9-19-11-21-17/h12-19H,1-11H2/t12?,13?,14-,15?,16?,17-/m1/s1. The lowest BCUT2D eigenvalue weighted by Crippen LogP contribution is -2.46. The minimum Gasteiger partial charge on any atom is -0.363 e. The van der Waals surface area contributed by atoms with E-state index in [-0.39, 0.29) is 0 Å². The van der Waals surface area contributed by atoms with Crippen LogP contribution in [0.1, 0.15) is 44.9 Å². The van der Waals surface area contributed by atoms with Gasteiger partial charge in [-0.25, -0.2) is 0 Å². The molecule has 6 atom stereocenters. The minimum absolute atomic E-state index is 0.550. The van der Waals surface area contributed by atoms with Crippen molar-refractivity contribution in [2.24, 2.45) is 23.7 Å². The van der Waals surface area contributed by atoms with E-state index in [9.17, 15) is 0 Å². The van der Waals surface area contributed by atoms with Gasteiger partial charge in [0, 0.05) is 13.1 Å². The third-order valence-corrected chi connectivity index (χ3v) is 6.32. The highest BCUT2D eigenvalue weighted by Crippen LogP contribution is 2.41. The highest BCUT2D eigenvalue weighted by molar-refractivity contribution is 4.88. The zero-order valence-electron chi connectivity index (χ0n) is 13.1. The lowest BCUT2D eigenvalue weighted by atomic mass is 9.70. The highest BCUT2D eigenvalue weighted by Gasteiger charge is 2.37. The van der Waals surface area contributed by atoms with Crippen LogP contribution in [0.4, 0.5) is 0 Å². The molecule has 4 nitrogen and oxygen atoms in total. The van der Waals surface area contributed by atoms with Gasteiger partial charge in [-0.2, -0.15) is 0 Å². The lowest BCUT2D eigenvalue weighted by molar-refractivity contribution is -0.0744. The van der Waals surface area contributed by atoms with Crippen LogP contribution in [0.15, 0.2) is 0 Å². The van der Waals surface area contributed by atoms with Crippen LogP contribution < -0.4 is 10.6 Å². The van der Waals surface area contributed by atoms with Crippen molar-refractivity contribution < 1.29 is 9.47 Å². The molecule has 0 amide bonds. The molecule has 0 aromatic carbocycles. The van der Waals surface area contributed by atoms with Crippen molar-refractivity contribution in [3.05, 3.63) is 0 Å². The fraction of sp³-hybridized carbons (Fsp3) is 1.00. The number of rotatable bonds is 2. The van der Waals surface area contributed by atoms with Gasteiger partial charge in [0.2, 0.25) is 0 Å². The van der Waals surface area contributed by atoms with E-state index in [0.717, 1.165) is 37.1 Å². The summed E-state index contributed by atoms with van der Waals surface area (Å²) in [6, 6.07) is 0. The third kappa shape index (κ3) is 3.29. The number of fused-ring (bicyclic) bond motifs is 2. The normalized spacial score (nSPS) is 47.4. The first kappa shape index (κ1) is 14.4. The van der Waals surface area contributed by atoms with Gasteiger partial charge in [0.1, 0.15) is 0 Å². The van der Waals surface area contributed by atoms with E-state index >= 15 is 0 Å². The Morgan fingerprint density at radius 2 is 1.24 bits per heavy atom. The Labute approximate surface area is 128 Å². The molecule has 4 aliphatic rings. The van der Waals surface area contributed by atoms with Crippen LogP contribution in [-0.4, -0.2) is 38.8 Å². The maximum absolute atomic E-state index is 5.85. The third-order valence-electron chi connectivity index (χ3n) is 6.32. The Morgan fingerprint density at radius 1 is 0.714 bits per heavy atom. The summed E-state index contributed by atoms with van der Waals surface area (Å²) < 4.78 is 11.7. The molecule has 0 aromatic heterocycles. The maximum Gasteiger partial charge on any atom is 0.0969 e. The zero-order valence-corrected chi connectivity index (χ0v) is 13.1. The summed E-state index contributed by atoms with van der Waals surface area (Å²) in [6.07, 6.45) is 10.7. The van der Waals surface area contributed by atoms with Gasteiger partial charge in [0.25, 0.3) is 0 Å². The molecule has 0 spiro atoms. The summed E-state index contributed by atoms with van der Waals surface area (Å²) in [5.74, 6) is 3.42. The van der Waals surface area contributed by atoms with Crippen molar-refractivity contribution in [2.75, 3.05) is 26.6 Å². The van der Waals surface area contributed by atoms with Crippen molar-refractivity contribution >= 4 is 0 Å². The van der Waals surface area contributed by atoms with E-state index in [0.29, 0.717) is 12.2 Å². The Morgan fingerprint density at radius 3 is 1.76 bits per heavy atom. The summed E-state index contributed by atoms with van der Waals surface area (Å²) in [6.45, 7) is 3.89. The number of hydrogen-bond donors (Lipinski definition) is 2. The Hall–Kier alpha value is -0.160. The monoisotopic (exact) mass is 294 g/mol. The summed E-state index contributed by atoms with van der Waals surface area (Å²) >= 11 is 0. The predicted octanol–water partition coefficient (Wildman–Crippen LogP) is 2.10. The Kier molecular flexibility index (Phi) is 4.49. The summed E-state index contributed by atoms with van der Waals surface area (Å²) in [4.78, 5) is 0. The van der Waals surface area contributed by atoms with Gasteiger partial charge in [-0.3, -0.25) is 10.6 Å². The molecule has 21 heavy (non-hydrogen) atoms. The molecule has 4 unspecified atom stereocenters. The minimum atomic E-state index is 0.550. The Balaban J connectivity index is 1.28. The van der Waals surface area contributed by atoms with Crippen molar-refractivity contribution in [3.63, 3.8) is 0 Å². The maximum atomic E-state index is 5.85. The quantitative estimate of drug-likeness (QED) is 0.818. The first-order valence-corrected chi connectivity index (χ1v) is 9.03. The van der Waals surface area contributed by atoms with E-state index in [1.165, 1.54) is 58.0 Å². The van der Waals surface area contributed by atoms with Crippen LogP contribution >= 0.6 is 0 Å². The second-order valence-corrected chi connectivity index (χ2v) is 7.72. The van der Waals surface area contributed by atoms with Crippen molar-refractivity contribution in [2.45, 2.75) is 57.2 Å². The first-order chi connectivity index (χ1) is 10.4. The Bertz CT molecular complexity index is 320. The largest absolute Gasteiger partial charge is 0.363 e. The molecule has 4 heteroatoms. The van der Waals surface area contributed by atoms with Crippen LogP contribution in [0, 0.1) is 23.7 Å². The molecule has 2 saturated carbocycles. The molecule has 0 bridgehead atoms. The van der Waals surface area contributed by atoms with E-state index in [1.807, 2.05) is 0 Å². The van der Waals surface area contributed by atoms with Crippen LogP contribution in [0.3, 0.4) is 0 Å². The van der Waals surface area contributed by atoms with Crippen molar-refractivity contribution in [1.82, 2.24) is 10.6 Å². The van der Waals surface area contributed by atoms with Gasteiger partial charge in [-0.15, -0.1) is 0 Å². The average molecular weight is 294 g/mol. The molecule has 2 aliphatic heterocycles. The van der Waals surface area contributed by atoms with E-state index in [2.05, 4.69) is 10.6 Å². The number of hydrogen-bond acceptors (Lipinski definition) is 4. The molecule has 4 rings (SSSR count). The zero-order chi connectivity index (χ0) is 14.1. The summed E-state index contributed by atoms with van der Waals surface area (Å²) in [7, 11) is 0. The van der Waals surface area contributed by atoms with Gasteiger partial charge in [0.15, 0.2) is 0 Å². The topological polar surface area (TPSA) is 42.5 Å². The fourth-order valence-corrected chi connectivity index (χ4v) is 5.26. The predicted molar refractivity (Wildman–Crippen MR) is 81.8 cm³/mol. The van der Waals surface area contributed by atoms with Gasteiger partial charge < -0.3 is 9.47 Å². The molecule has 120 valence electrons. The van der Waals surface area contributed by atoms with Crippen molar-refractivity contribution in [1.29, 1.82) is 0 Å². The second kappa shape index (κ2) is 6.53. The van der Waals surface area contributed by atoms with Crippen LogP contribution in [0.2, 0.25) is 0 Å². The first-order valence-electron chi connectivity index (χ1n) is 9.03. The van der Waals surface area contributed by atoms with E-state index < -0.39 is 0 Å². The summed E-state index contributed by atoms with van der Waals surface area (Å²) in [5, 5.41) is 6.80. The molecule has 0 aromatic rings. The molecule has 2 N–H and O–H groups in total. The van der Waals surface area contributed by atoms with Gasteiger partial charge in [0.05, 0.1) is 25.7 Å². The molecule has 2 aliphatic carbocycles. The lowest BCUT2D eigenvalue weighted by Gasteiger charge is -2.43. The fourth-order valence-electron chi connectivity index (χ4n) is 5.26. The number of ether oxygens (including phenoxy) is 2. The molecule has 0 radical (unpaired) electrons. The van der Waals surface area contributed by atoms with Crippen molar-refractivity contribution in [3.8, 4) is 0 Å². The molecule has 2 heterocycles. The molecular weight excluding hydrogens is 264 g/mol. The van der Waals surface area contributed by atoms with Gasteiger partial charge in [-0.05, 0) is 68.6 Å². The smallest absolute Gasteiger partial charge is 0.0969 e. The second-order valence-electron chi connectivity index (χ2n) is 7.72. The van der Waals surface area contributed by atoms with E-state index in [1.54, 1.807) is 0 Å². The van der Waals surface area contributed by atoms with Crippen LogP contribution in [0.5, 0.6) is 0 Å². The van der Waals surface area contributed by atoms with Crippen LogP contribution in [-0.2, 0) is 9.47 Å². The molecule has 2 saturated heterocycles. The average Bonchev–Trinajstić information content (AvgIpc) is 2.55. The SMILES string of the molecule is C1NC[C@H]2CC(CC3CC[C@H]4OCNCC4C3)CCC2O1. The molecule has 4 fully saturated rings. The highest BCUT2D eigenvalue weighted by atomic mass is 16.5. The van der Waals surface area contributed by atoms with Gasteiger partial charge in [-0.1, -0.05) is 0 Å².